The Kier molecular flexibility index (Phi) is 5.74. The molecule has 1 saturated heterocycles. The quantitative estimate of drug-likeness (QED) is 0.798. The van der Waals surface area contributed by atoms with Crippen LogP contribution in [0.25, 0.3) is 0 Å². The summed E-state index contributed by atoms with van der Waals surface area (Å²) >= 11 is 0. The molecule has 146 valence electrons. The minimum Gasteiger partial charge on any atom is -0.368 e. The molecule has 1 aliphatic rings. The lowest BCUT2D eigenvalue weighted by Gasteiger charge is -2.33. The zero-order valence-corrected chi connectivity index (χ0v) is 16.7. The number of hydrogen-bond acceptors (Lipinski definition) is 6. The van der Waals surface area contributed by atoms with Gasteiger partial charge in [-0.2, -0.15) is 5.10 Å². The molecule has 8 heteroatoms. The molecule has 2 aromatic heterocycles. The van der Waals surface area contributed by atoms with Crippen molar-refractivity contribution >= 4 is 11.9 Å². The van der Waals surface area contributed by atoms with Gasteiger partial charge >= 0.3 is 0 Å². The standard InChI is InChI=1S/C19H28N6O2/c1-13-10-14(2)25(22-13)15(3)11-18(26)24-8-9-27-17(12-24)16-6-7-20-19(21-16)23(4)5/h6-7,10,15,17H,8-9,11-12H2,1-5H3. The molecular formula is C19H28N6O2. The summed E-state index contributed by atoms with van der Waals surface area (Å²) in [5.41, 5.74) is 2.85. The fraction of sp³-hybridized carbons (Fsp3) is 0.579. The molecule has 1 aliphatic heterocycles. The number of hydrogen-bond donors (Lipinski definition) is 0. The fourth-order valence-corrected chi connectivity index (χ4v) is 3.37. The number of ether oxygens (including phenoxy) is 1. The number of morpholine rings is 1. The molecule has 1 fully saturated rings. The van der Waals surface area contributed by atoms with Gasteiger partial charge in [0.25, 0.3) is 0 Å². The largest absolute Gasteiger partial charge is 0.368 e. The van der Waals surface area contributed by atoms with Crippen molar-refractivity contribution in [3.8, 4) is 0 Å². The Morgan fingerprint density at radius 1 is 1.41 bits per heavy atom. The van der Waals surface area contributed by atoms with E-state index in [1.165, 1.54) is 0 Å². The van der Waals surface area contributed by atoms with Gasteiger partial charge in [0.05, 0.1) is 30.6 Å². The highest BCUT2D eigenvalue weighted by Crippen LogP contribution is 2.23. The van der Waals surface area contributed by atoms with Crippen molar-refractivity contribution in [1.29, 1.82) is 0 Å². The normalized spacial score (nSPS) is 18.4. The van der Waals surface area contributed by atoms with Crippen LogP contribution in [0.2, 0.25) is 0 Å². The second kappa shape index (κ2) is 8.04. The van der Waals surface area contributed by atoms with Crippen molar-refractivity contribution < 1.29 is 9.53 Å². The molecule has 1 amide bonds. The van der Waals surface area contributed by atoms with Gasteiger partial charge in [-0.1, -0.05) is 0 Å². The summed E-state index contributed by atoms with van der Waals surface area (Å²) in [6, 6.07) is 3.90. The third-order valence-corrected chi connectivity index (χ3v) is 4.75. The van der Waals surface area contributed by atoms with Crippen molar-refractivity contribution in [3.05, 3.63) is 35.4 Å². The SMILES string of the molecule is Cc1cc(C)n(C(C)CC(=O)N2CCOC(c3ccnc(N(C)C)n3)C2)n1. The van der Waals surface area contributed by atoms with E-state index in [1.54, 1.807) is 6.20 Å². The van der Waals surface area contributed by atoms with E-state index < -0.39 is 0 Å². The van der Waals surface area contributed by atoms with Gasteiger partial charge in [0, 0.05) is 39.0 Å². The molecular weight excluding hydrogens is 344 g/mol. The van der Waals surface area contributed by atoms with Crippen LogP contribution >= 0.6 is 0 Å². The lowest BCUT2D eigenvalue weighted by molar-refractivity contribution is -0.140. The number of carbonyl (C=O) groups is 1. The first-order valence-electron chi connectivity index (χ1n) is 9.27. The van der Waals surface area contributed by atoms with Crippen LogP contribution in [0.3, 0.4) is 0 Å². The lowest BCUT2D eigenvalue weighted by atomic mass is 10.1. The number of anilines is 1. The maximum Gasteiger partial charge on any atom is 0.225 e. The van der Waals surface area contributed by atoms with Gasteiger partial charge in [-0.25, -0.2) is 9.97 Å². The Morgan fingerprint density at radius 3 is 2.85 bits per heavy atom. The molecule has 2 unspecified atom stereocenters. The maximum absolute atomic E-state index is 12.8. The van der Waals surface area contributed by atoms with E-state index in [1.807, 2.05) is 61.5 Å². The second-order valence-electron chi connectivity index (χ2n) is 7.30. The van der Waals surface area contributed by atoms with Crippen molar-refractivity contribution in [3.63, 3.8) is 0 Å². The third-order valence-electron chi connectivity index (χ3n) is 4.75. The Bertz CT molecular complexity index is 803. The van der Waals surface area contributed by atoms with E-state index >= 15 is 0 Å². The highest BCUT2D eigenvalue weighted by molar-refractivity contribution is 5.76. The monoisotopic (exact) mass is 372 g/mol. The average Bonchev–Trinajstić information content (AvgIpc) is 3.00. The van der Waals surface area contributed by atoms with Crippen LogP contribution in [0.4, 0.5) is 5.95 Å². The van der Waals surface area contributed by atoms with Crippen LogP contribution in [0.5, 0.6) is 0 Å². The molecule has 0 saturated carbocycles. The number of aromatic nitrogens is 4. The second-order valence-corrected chi connectivity index (χ2v) is 7.30. The molecule has 0 N–H and O–H groups in total. The minimum absolute atomic E-state index is 0.0203. The maximum atomic E-state index is 12.8. The molecule has 0 bridgehead atoms. The average molecular weight is 372 g/mol. The van der Waals surface area contributed by atoms with Crippen LogP contribution in [-0.2, 0) is 9.53 Å². The van der Waals surface area contributed by atoms with Crippen molar-refractivity contribution in [1.82, 2.24) is 24.6 Å². The Morgan fingerprint density at radius 2 is 2.19 bits per heavy atom. The number of amides is 1. The predicted molar refractivity (Wildman–Crippen MR) is 103 cm³/mol. The summed E-state index contributed by atoms with van der Waals surface area (Å²) in [5.74, 6) is 0.753. The Labute approximate surface area is 160 Å². The summed E-state index contributed by atoms with van der Waals surface area (Å²) in [7, 11) is 3.80. The first-order valence-corrected chi connectivity index (χ1v) is 9.27. The first kappa shape index (κ1) is 19.3. The number of nitrogens with zero attached hydrogens (tertiary/aromatic N) is 6. The number of aryl methyl sites for hydroxylation is 2. The summed E-state index contributed by atoms with van der Waals surface area (Å²) in [4.78, 5) is 25.4. The van der Waals surface area contributed by atoms with Crippen molar-refractivity contribution in [2.24, 2.45) is 0 Å². The van der Waals surface area contributed by atoms with Crippen LogP contribution in [0.15, 0.2) is 18.3 Å². The van der Waals surface area contributed by atoms with E-state index in [4.69, 9.17) is 4.74 Å². The molecule has 0 spiro atoms. The van der Waals surface area contributed by atoms with Crippen LogP contribution in [0.1, 0.15) is 42.6 Å². The lowest BCUT2D eigenvalue weighted by Crippen LogP contribution is -2.43. The van der Waals surface area contributed by atoms with Gasteiger partial charge in [0.2, 0.25) is 11.9 Å². The summed E-state index contributed by atoms with van der Waals surface area (Å²) in [6.45, 7) is 7.63. The first-order chi connectivity index (χ1) is 12.8. The van der Waals surface area contributed by atoms with E-state index in [9.17, 15) is 4.79 Å². The topological polar surface area (TPSA) is 76.4 Å². The van der Waals surface area contributed by atoms with E-state index in [2.05, 4.69) is 15.1 Å². The minimum atomic E-state index is -0.228. The highest BCUT2D eigenvalue weighted by Gasteiger charge is 2.28. The van der Waals surface area contributed by atoms with E-state index in [-0.39, 0.29) is 18.1 Å². The van der Waals surface area contributed by atoms with Gasteiger partial charge in [0.1, 0.15) is 6.10 Å². The van der Waals surface area contributed by atoms with Crippen molar-refractivity contribution in [2.75, 3.05) is 38.7 Å². The van der Waals surface area contributed by atoms with Crippen LogP contribution < -0.4 is 4.90 Å². The molecule has 2 aromatic rings. The molecule has 3 heterocycles. The zero-order chi connectivity index (χ0) is 19.6. The molecule has 0 aliphatic carbocycles. The summed E-state index contributed by atoms with van der Waals surface area (Å²) in [6.07, 6.45) is 1.92. The van der Waals surface area contributed by atoms with Gasteiger partial charge in [-0.05, 0) is 32.9 Å². The third kappa shape index (κ3) is 4.44. The molecule has 3 rings (SSSR count). The number of carbonyl (C=O) groups excluding carboxylic acids is 1. The summed E-state index contributed by atoms with van der Waals surface area (Å²) in [5, 5.41) is 4.50. The van der Waals surface area contributed by atoms with E-state index in [0.29, 0.717) is 32.1 Å². The highest BCUT2D eigenvalue weighted by atomic mass is 16.5. The Hall–Kier alpha value is -2.48. The molecule has 0 aromatic carbocycles. The number of rotatable bonds is 5. The van der Waals surface area contributed by atoms with Gasteiger partial charge in [-0.3, -0.25) is 9.48 Å². The fourth-order valence-electron chi connectivity index (χ4n) is 3.37. The molecule has 2 atom stereocenters. The Balaban J connectivity index is 1.66. The smallest absolute Gasteiger partial charge is 0.225 e. The van der Waals surface area contributed by atoms with Gasteiger partial charge < -0.3 is 14.5 Å². The van der Waals surface area contributed by atoms with Gasteiger partial charge in [0.15, 0.2) is 0 Å². The zero-order valence-electron chi connectivity index (χ0n) is 16.7. The van der Waals surface area contributed by atoms with Crippen LogP contribution in [0, 0.1) is 13.8 Å². The van der Waals surface area contributed by atoms with Crippen molar-refractivity contribution in [2.45, 2.75) is 39.3 Å². The van der Waals surface area contributed by atoms with Crippen LogP contribution in [-0.4, -0.2) is 64.3 Å². The summed E-state index contributed by atoms with van der Waals surface area (Å²) < 4.78 is 7.80. The molecule has 0 radical (unpaired) electrons. The molecule has 27 heavy (non-hydrogen) atoms. The molecule has 8 nitrogen and oxygen atoms in total. The predicted octanol–water partition coefficient (Wildman–Crippen LogP) is 1.91. The van der Waals surface area contributed by atoms with Gasteiger partial charge in [-0.15, -0.1) is 0 Å². The van der Waals surface area contributed by atoms with E-state index in [0.717, 1.165) is 17.1 Å².